The van der Waals surface area contributed by atoms with Gasteiger partial charge in [0, 0.05) is 31.4 Å². The Labute approximate surface area is 260 Å². The van der Waals surface area contributed by atoms with Crippen molar-refractivity contribution >= 4 is 34.5 Å². The van der Waals surface area contributed by atoms with Crippen LogP contribution >= 0.6 is 0 Å². The molecule has 2 aliphatic heterocycles. The van der Waals surface area contributed by atoms with Crippen molar-refractivity contribution in [1.29, 1.82) is 0 Å². The number of carbonyl (C=O) groups excluding carboxylic acids is 1. The van der Waals surface area contributed by atoms with Crippen LogP contribution in [0.1, 0.15) is 42.9 Å². The molecule has 0 radical (unpaired) electrons. The van der Waals surface area contributed by atoms with Gasteiger partial charge in [0.1, 0.15) is 12.2 Å². The number of anilines is 3. The summed E-state index contributed by atoms with van der Waals surface area (Å²) in [6.07, 6.45) is -0.574. The van der Waals surface area contributed by atoms with E-state index in [0.29, 0.717) is 68.7 Å². The number of amides is 1. The Morgan fingerprint density at radius 3 is 2.67 bits per heavy atom. The molecule has 4 aromatic rings. The highest BCUT2D eigenvalue weighted by Gasteiger charge is 2.33. The maximum absolute atomic E-state index is 14.1. The molecule has 0 aliphatic carbocycles. The zero-order valence-electron chi connectivity index (χ0n) is 25.5. The summed E-state index contributed by atoms with van der Waals surface area (Å²) < 4.78 is 52.8. The molecule has 16 heteroatoms. The average molecular weight is 643 g/mol. The Morgan fingerprint density at radius 1 is 1.24 bits per heavy atom. The number of hydrogen-bond acceptors (Lipinski definition) is 10. The van der Waals surface area contributed by atoms with Crippen molar-refractivity contribution in [1.82, 2.24) is 24.3 Å². The number of aromatic nitrogens is 5. The van der Waals surface area contributed by atoms with Crippen LogP contribution in [0.4, 0.5) is 30.4 Å². The highest BCUT2D eigenvalue weighted by molar-refractivity contribution is 5.91. The summed E-state index contributed by atoms with van der Waals surface area (Å²) in [5.74, 6) is 0.254. The minimum Gasteiger partial charge on any atom is -0.502 e. The van der Waals surface area contributed by atoms with Crippen molar-refractivity contribution in [2.75, 3.05) is 48.0 Å². The zero-order chi connectivity index (χ0) is 32.7. The van der Waals surface area contributed by atoms with E-state index in [4.69, 9.17) is 14.2 Å². The number of benzene rings is 1. The Morgan fingerprint density at radius 2 is 2.04 bits per heavy atom. The molecular weight excluding hydrogens is 609 g/mol. The number of carbonyl (C=O) groups is 1. The van der Waals surface area contributed by atoms with Crippen LogP contribution in [-0.4, -0.2) is 74.2 Å². The summed E-state index contributed by atoms with van der Waals surface area (Å²) >= 11 is 0. The van der Waals surface area contributed by atoms with Crippen molar-refractivity contribution in [2.24, 2.45) is 0 Å². The van der Waals surface area contributed by atoms with Gasteiger partial charge >= 0.3 is 6.18 Å². The molecule has 244 valence electrons. The number of hydrogen-bond donors (Lipinski definition) is 2. The van der Waals surface area contributed by atoms with E-state index in [-0.39, 0.29) is 35.4 Å². The van der Waals surface area contributed by atoms with Gasteiger partial charge in [0.05, 0.1) is 24.5 Å². The van der Waals surface area contributed by atoms with Gasteiger partial charge in [0.2, 0.25) is 23.3 Å². The van der Waals surface area contributed by atoms with Gasteiger partial charge in [0.15, 0.2) is 12.1 Å². The minimum absolute atomic E-state index is 0.0785. The summed E-state index contributed by atoms with van der Waals surface area (Å²) in [5.41, 5.74) is 1.03. The fourth-order valence-corrected chi connectivity index (χ4v) is 6.01. The lowest BCUT2D eigenvalue weighted by Crippen LogP contribution is -2.54. The molecule has 1 aromatic carbocycles. The van der Waals surface area contributed by atoms with Gasteiger partial charge in [0.25, 0.3) is 5.56 Å². The van der Waals surface area contributed by atoms with Gasteiger partial charge in [-0.05, 0) is 56.0 Å². The second-order valence-electron chi connectivity index (χ2n) is 11.3. The number of fused-ring (bicyclic) bond motifs is 1. The van der Waals surface area contributed by atoms with E-state index in [9.17, 15) is 27.9 Å². The van der Waals surface area contributed by atoms with Crippen LogP contribution in [0.3, 0.4) is 0 Å². The zero-order valence-corrected chi connectivity index (χ0v) is 25.5. The Balaban J connectivity index is 1.39. The quantitative estimate of drug-likeness (QED) is 0.307. The van der Waals surface area contributed by atoms with Crippen molar-refractivity contribution in [3.8, 4) is 5.75 Å². The number of rotatable bonds is 7. The predicted molar refractivity (Wildman–Crippen MR) is 162 cm³/mol. The van der Waals surface area contributed by atoms with Crippen molar-refractivity contribution in [3.63, 3.8) is 0 Å². The van der Waals surface area contributed by atoms with Crippen LogP contribution in [0.2, 0.25) is 0 Å². The topological polar surface area (TPSA) is 143 Å². The molecule has 1 saturated heterocycles. The number of piperazine rings is 1. The number of halogens is 3. The van der Waals surface area contributed by atoms with Gasteiger partial charge in [-0.2, -0.15) is 22.7 Å². The SMILES string of the molecule is CCc1c(N2CCN(c3nocc3O)[C@H](C)C2)c(=O)n2nc(C3=CCOCC3)nc2n1CC(=O)Nc1ccc(C(F)(F)F)cc1C. The lowest BCUT2D eigenvalue weighted by Gasteiger charge is -2.41. The summed E-state index contributed by atoms with van der Waals surface area (Å²) in [6, 6.07) is 2.95. The molecule has 2 N–H and O–H groups in total. The third-order valence-electron chi connectivity index (χ3n) is 8.29. The van der Waals surface area contributed by atoms with E-state index in [2.05, 4.69) is 15.6 Å². The maximum atomic E-state index is 14.1. The Kier molecular flexibility index (Phi) is 8.22. The van der Waals surface area contributed by atoms with Crippen LogP contribution in [-0.2, 0) is 28.7 Å². The Bertz CT molecular complexity index is 1880. The summed E-state index contributed by atoms with van der Waals surface area (Å²) in [6.45, 7) is 7.10. The lowest BCUT2D eigenvalue weighted by atomic mass is 10.1. The van der Waals surface area contributed by atoms with E-state index < -0.39 is 23.2 Å². The highest BCUT2D eigenvalue weighted by atomic mass is 19.4. The lowest BCUT2D eigenvalue weighted by molar-refractivity contribution is -0.137. The van der Waals surface area contributed by atoms with E-state index in [1.807, 2.05) is 29.7 Å². The molecule has 6 rings (SSSR count). The van der Waals surface area contributed by atoms with E-state index in [1.165, 1.54) is 17.5 Å². The van der Waals surface area contributed by atoms with Crippen LogP contribution in [0, 0.1) is 6.92 Å². The van der Waals surface area contributed by atoms with E-state index in [1.54, 1.807) is 4.57 Å². The molecule has 13 nitrogen and oxygen atoms in total. The third kappa shape index (κ3) is 5.79. The normalized spacial score (nSPS) is 17.4. The molecule has 0 unspecified atom stereocenters. The van der Waals surface area contributed by atoms with Crippen molar-refractivity contribution in [3.05, 3.63) is 63.5 Å². The summed E-state index contributed by atoms with van der Waals surface area (Å²) in [7, 11) is 0. The molecule has 2 aliphatic rings. The first-order valence-corrected chi connectivity index (χ1v) is 14.9. The first-order chi connectivity index (χ1) is 22.0. The minimum atomic E-state index is -4.51. The molecule has 0 spiro atoms. The third-order valence-corrected chi connectivity index (χ3v) is 8.29. The largest absolute Gasteiger partial charge is 0.502 e. The van der Waals surface area contributed by atoms with Crippen LogP contribution < -0.4 is 20.7 Å². The van der Waals surface area contributed by atoms with Gasteiger partial charge in [-0.1, -0.05) is 18.2 Å². The second kappa shape index (κ2) is 12.2. The molecule has 3 aromatic heterocycles. The molecular formula is C30H33F3N8O5. The van der Waals surface area contributed by atoms with Gasteiger partial charge < -0.3 is 34.1 Å². The number of ether oxygens (including phenoxy) is 1. The molecule has 1 atom stereocenters. The first kappa shape index (κ1) is 31.1. The van der Waals surface area contributed by atoms with Crippen LogP contribution in [0.5, 0.6) is 5.75 Å². The molecule has 46 heavy (non-hydrogen) atoms. The fraction of sp³-hybridized carbons (Fsp3) is 0.433. The van der Waals surface area contributed by atoms with Gasteiger partial charge in [-0.3, -0.25) is 9.59 Å². The van der Waals surface area contributed by atoms with E-state index >= 15 is 0 Å². The van der Waals surface area contributed by atoms with Crippen molar-refractivity contribution < 1.29 is 32.3 Å². The second-order valence-corrected chi connectivity index (χ2v) is 11.3. The smallest absolute Gasteiger partial charge is 0.416 e. The molecule has 0 bridgehead atoms. The van der Waals surface area contributed by atoms with Crippen LogP contribution in [0.15, 0.2) is 39.9 Å². The van der Waals surface area contributed by atoms with E-state index in [0.717, 1.165) is 24.0 Å². The number of nitrogens with one attached hydrogen (secondary N) is 1. The molecule has 5 heterocycles. The average Bonchev–Trinajstić information content (AvgIpc) is 3.66. The van der Waals surface area contributed by atoms with Crippen LogP contribution in [0.25, 0.3) is 11.4 Å². The number of alkyl halides is 3. The van der Waals surface area contributed by atoms with Gasteiger partial charge in [-0.15, -0.1) is 5.10 Å². The molecule has 1 amide bonds. The standard InChI is InChI=1S/C30H33F3N8O5/c1-4-22-25(38-9-10-39(18(3)14-38)27-23(42)16-46-37-27)28(44)41-29(35-26(36-41)19-7-11-45-12-8-19)40(22)15-24(43)34-21-6-5-20(13-17(21)2)30(31,32)33/h5-7,13,16,18,42H,4,8-12,14-15H2,1-3H3,(H,34,43)/t18-/m1/s1. The highest BCUT2D eigenvalue weighted by Crippen LogP contribution is 2.33. The summed E-state index contributed by atoms with van der Waals surface area (Å²) in [5, 5.41) is 21.4. The number of aryl methyl sites for hydroxylation is 1. The number of aromatic hydroxyl groups is 1. The first-order valence-electron chi connectivity index (χ1n) is 14.9. The monoisotopic (exact) mass is 642 g/mol. The summed E-state index contributed by atoms with van der Waals surface area (Å²) in [4.78, 5) is 36.2. The maximum Gasteiger partial charge on any atom is 0.416 e. The Hall–Kier alpha value is -4.86. The predicted octanol–water partition coefficient (Wildman–Crippen LogP) is 3.63. The number of nitrogens with zero attached hydrogens (tertiary/aromatic N) is 7. The molecule has 0 saturated carbocycles. The fourth-order valence-electron chi connectivity index (χ4n) is 6.01. The van der Waals surface area contributed by atoms with Gasteiger partial charge in [-0.25, -0.2) is 0 Å². The molecule has 1 fully saturated rings. The van der Waals surface area contributed by atoms with Crippen molar-refractivity contribution in [2.45, 2.75) is 52.4 Å².